The molecule has 5 rings (SSSR count). The fraction of sp³-hybridized carbons (Fsp3) is 0.462. The number of hydrogen-bond donors (Lipinski definition) is 4. The summed E-state index contributed by atoms with van der Waals surface area (Å²) in [7, 11) is 0. The van der Waals surface area contributed by atoms with E-state index in [1.807, 2.05) is 0 Å². The Bertz CT molecular complexity index is 1790. The maximum Gasteiger partial charge on any atom is 0.162 e. The van der Waals surface area contributed by atoms with Gasteiger partial charge in [0.05, 0.1) is 0 Å². The van der Waals surface area contributed by atoms with Gasteiger partial charge in [-0.1, -0.05) is 79.1 Å². The monoisotopic (exact) mass is 816 g/mol. The number of hydrogen-bond acceptors (Lipinski definition) is 8. The van der Waals surface area contributed by atoms with Crippen molar-refractivity contribution in [3.05, 3.63) is 115 Å². The lowest BCUT2D eigenvalue weighted by molar-refractivity contribution is 0.0971. The Morgan fingerprint density at radius 1 is 0.333 bits per heavy atom. The van der Waals surface area contributed by atoms with Gasteiger partial charge < -0.3 is 20.4 Å². The number of unbranched alkanes of at least 4 members (excludes halogenated alkanes) is 8. The van der Waals surface area contributed by atoms with Crippen molar-refractivity contribution < 1.29 is 39.6 Å². The number of aromatic hydroxyl groups is 4. The summed E-state index contributed by atoms with van der Waals surface area (Å²) >= 11 is 0. The number of carbonyl (C=O) groups is 4. The largest absolute Gasteiger partial charge is 0.507 e. The average Bonchev–Trinajstić information content (AvgIpc) is 3.22. The van der Waals surface area contributed by atoms with Crippen LogP contribution in [0.2, 0.25) is 0 Å². The topological polar surface area (TPSA) is 149 Å². The molecule has 4 N–H and O–H groups in total. The summed E-state index contributed by atoms with van der Waals surface area (Å²) in [6, 6.07) is 13.2. The van der Waals surface area contributed by atoms with Crippen molar-refractivity contribution in [2.75, 3.05) is 0 Å². The normalized spacial score (nSPS) is 12.3. The van der Waals surface area contributed by atoms with Crippen molar-refractivity contribution >= 4 is 23.1 Å². The van der Waals surface area contributed by atoms with E-state index in [1.165, 1.54) is 0 Å². The highest BCUT2D eigenvalue weighted by molar-refractivity contribution is 5.99. The quantitative estimate of drug-likeness (QED) is 0.0448. The molecule has 320 valence electrons. The number of ketones is 4. The summed E-state index contributed by atoms with van der Waals surface area (Å²) in [5.74, 6) is -0.810. The Morgan fingerprint density at radius 3 is 0.650 bits per heavy atom. The molecule has 60 heavy (non-hydrogen) atoms. The lowest BCUT2D eigenvalue weighted by Gasteiger charge is -2.20. The molecule has 0 radical (unpaired) electrons. The molecule has 0 aliphatic heterocycles. The van der Waals surface area contributed by atoms with Gasteiger partial charge in [-0.25, -0.2) is 0 Å². The molecule has 8 bridgehead atoms. The van der Waals surface area contributed by atoms with Gasteiger partial charge in [0, 0.05) is 73.6 Å². The second-order valence-corrected chi connectivity index (χ2v) is 16.8. The second kappa shape index (κ2) is 21.8. The average molecular weight is 817 g/mol. The van der Waals surface area contributed by atoms with Crippen LogP contribution < -0.4 is 0 Å². The molecule has 0 atom stereocenters. The molecule has 0 aromatic heterocycles. The van der Waals surface area contributed by atoms with Crippen molar-refractivity contribution in [3.8, 4) is 23.0 Å². The smallest absolute Gasteiger partial charge is 0.162 e. The molecule has 1 aliphatic carbocycles. The number of carbonyl (C=O) groups excluding carboxylic acids is 4. The zero-order valence-electron chi connectivity index (χ0n) is 36.2. The molecule has 8 nitrogen and oxygen atoms in total. The Labute approximate surface area is 356 Å². The van der Waals surface area contributed by atoms with Crippen molar-refractivity contribution in [1.82, 2.24) is 0 Å². The molecule has 0 spiro atoms. The minimum atomic E-state index is -0.109. The zero-order chi connectivity index (χ0) is 43.3. The van der Waals surface area contributed by atoms with Crippen LogP contribution in [-0.4, -0.2) is 43.6 Å². The predicted octanol–water partition coefficient (Wildman–Crippen LogP) is 12.2. The number of rotatable bonds is 20. The molecule has 0 saturated carbocycles. The number of benzene rings is 4. The van der Waals surface area contributed by atoms with Gasteiger partial charge in [-0.3, -0.25) is 19.2 Å². The third kappa shape index (κ3) is 11.5. The van der Waals surface area contributed by atoms with E-state index in [0.29, 0.717) is 118 Å². The number of fused-ring (bicyclic) bond motifs is 8. The van der Waals surface area contributed by atoms with Crippen LogP contribution in [0, 0.1) is 0 Å². The SMILES string of the molecule is CCCCCC(=O)c1cc2c(O)c(c1)Cc1cc(C(=O)CCCCC)cc(c1O)Cc1cc(C(=O)CCCCC)cc(c1O)Cc1cc(C(=O)CCCCC)cc(c1O)C2. The Balaban J connectivity index is 1.78. The van der Waals surface area contributed by atoms with E-state index in [0.717, 1.165) is 51.4 Å². The molecule has 0 heterocycles. The molecule has 0 saturated heterocycles. The first-order valence-electron chi connectivity index (χ1n) is 22.4. The van der Waals surface area contributed by atoms with Crippen LogP contribution in [0.15, 0.2) is 48.5 Å². The van der Waals surface area contributed by atoms with Crippen molar-refractivity contribution in [1.29, 1.82) is 0 Å². The number of phenolic OH excluding ortho intramolecular Hbond substituents is 4. The first kappa shape index (κ1) is 45.8. The highest BCUT2D eigenvalue weighted by atomic mass is 16.3. The minimum absolute atomic E-state index is 0.0236. The number of phenols is 4. The van der Waals surface area contributed by atoms with Gasteiger partial charge in [-0.2, -0.15) is 0 Å². The van der Waals surface area contributed by atoms with Crippen LogP contribution >= 0.6 is 0 Å². The fourth-order valence-electron chi connectivity index (χ4n) is 8.30. The third-order valence-corrected chi connectivity index (χ3v) is 11.9. The van der Waals surface area contributed by atoms with Gasteiger partial charge in [-0.05, 0) is 119 Å². The van der Waals surface area contributed by atoms with E-state index in [1.54, 1.807) is 48.5 Å². The highest BCUT2D eigenvalue weighted by Gasteiger charge is 2.25. The van der Waals surface area contributed by atoms with Crippen LogP contribution in [0.5, 0.6) is 23.0 Å². The lowest BCUT2D eigenvalue weighted by atomic mass is 9.86. The van der Waals surface area contributed by atoms with Crippen molar-refractivity contribution in [2.45, 2.75) is 156 Å². The molecule has 0 unspecified atom stereocenters. The Kier molecular flexibility index (Phi) is 16.7. The van der Waals surface area contributed by atoms with E-state index in [9.17, 15) is 39.6 Å². The summed E-state index contributed by atoms with van der Waals surface area (Å²) < 4.78 is 0. The molecule has 4 aromatic carbocycles. The van der Waals surface area contributed by atoms with Gasteiger partial charge in [0.25, 0.3) is 0 Å². The van der Waals surface area contributed by atoms with Crippen LogP contribution in [0.1, 0.15) is 216 Å². The molecule has 0 fully saturated rings. The zero-order valence-corrected chi connectivity index (χ0v) is 36.2. The molecular weight excluding hydrogens is 753 g/mol. The summed E-state index contributed by atoms with van der Waals surface area (Å²) in [4.78, 5) is 54.9. The van der Waals surface area contributed by atoms with E-state index in [2.05, 4.69) is 27.7 Å². The van der Waals surface area contributed by atoms with Crippen LogP contribution in [0.4, 0.5) is 0 Å². The van der Waals surface area contributed by atoms with E-state index in [-0.39, 0.29) is 71.8 Å². The van der Waals surface area contributed by atoms with Crippen LogP contribution in [0.3, 0.4) is 0 Å². The second-order valence-electron chi connectivity index (χ2n) is 16.8. The van der Waals surface area contributed by atoms with Gasteiger partial charge in [0.15, 0.2) is 23.1 Å². The summed E-state index contributed by atoms with van der Waals surface area (Å²) in [5, 5.41) is 48.0. The maximum absolute atomic E-state index is 13.7. The predicted molar refractivity (Wildman–Crippen MR) is 238 cm³/mol. The first-order valence-corrected chi connectivity index (χ1v) is 22.4. The summed E-state index contributed by atoms with van der Waals surface area (Å²) in [6.45, 7) is 8.27. The van der Waals surface area contributed by atoms with Crippen molar-refractivity contribution in [2.24, 2.45) is 0 Å². The van der Waals surface area contributed by atoms with Crippen LogP contribution in [-0.2, 0) is 25.7 Å². The lowest BCUT2D eigenvalue weighted by Crippen LogP contribution is -2.08. The van der Waals surface area contributed by atoms with Gasteiger partial charge in [0.2, 0.25) is 0 Å². The standard InChI is InChI=1S/C52H64O8/c1-5-9-13-17-45(53)33-21-37-29-39-23-34(46(54)18-14-10-6-2)25-41(50(39)58)31-43-27-36(48(56)20-16-12-8-4)28-44(52(43)60)32-42-26-35(47(55)19-15-11-7-3)24-40(51(42)59)30-38(22-33)49(37)57/h21-28,57-60H,5-20,29-32H2,1-4H3. The molecule has 8 heteroatoms. The van der Waals surface area contributed by atoms with Gasteiger partial charge >= 0.3 is 0 Å². The summed E-state index contributed by atoms with van der Waals surface area (Å²) in [5.41, 5.74) is 4.51. The molecule has 1 aliphatic rings. The van der Waals surface area contributed by atoms with E-state index in [4.69, 9.17) is 0 Å². The molecule has 4 aromatic rings. The van der Waals surface area contributed by atoms with E-state index < -0.39 is 0 Å². The maximum atomic E-state index is 13.7. The van der Waals surface area contributed by atoms with E-state index >= 15 is 0 Å². The number of Topliss-reactive ketones (excluding diaryl/α,β-unsaturated/α-hetero) is 4. The van der Waals surface area contributed by atoms with Crippen molar-refractivity contribution in [3.63, 3.8) is 0 Å². The fourth-order valence-corrected chi connectivity index (χ4v) is 8.30. The first-order chi connectivity index (χ1) is 28.9. The Hall–Kier alpha value is -5.24. The molecule has 0 amide bonds. The summed E-state index contributed by atoms with van der Waals surface area (Å²) in [6.07, 6.45) is 11.3. The third-order valence-electron chi connectivity index (χ3n) is 11.9. The van der Waals surface area contributed by atoms with Gasteiger partial charge in [-0.15, -0.1) is 0 Å². The highest BCUT2D eigenvalue weighted by Crippen LogP contribution is 2.40. The molecular formula is C52H64O8. The minimum Gasteiger partial charge on any atom is -0.507 e. The Morgan fingerprint density at radius 2 is 0.500 bits per heavy atom. The van der Waals surface area contributed by atoms with Gasteiger partial charge in [0.1, 0.15) is 23.0 Å². The van der Waals surface area contributed by atoms with Crippen LogP contribution in [0.25, 0.3) is 0 Å².